The van der Waals surface area contributed by atoms with Crippen molar-refractivity contribution in [3.8, 4) is 0 Å². The van der Waals surface area contributed by atoms with Gasteiger partial charge in [0.25, 0.3) is 5.97 Å². The molecule has 0 aliphatic carbocycles. The summed E-state index contributed by atoms with van der Waals surface area (Å²) in [5, 5.41) is 18.6. The molecule has 1 rings (SSSR count). The molecule has 0 saturated carbocycles. The summed E-state index contributed by atoms with van der Waals surface area (Å²) < 4.78 is 27.8. The smallest absolute Gasteiger partial charge is 0.301 e. The lowest BCUT2D eigenvalue weighted by atomic mass is 10.2. The van der Waals surface area contributed by atoms with Crippen LogP contribution in [0, 0.1) is 6.92 Å². The van der Waals surface area contributed by atoms with E-state index in [2.05, 4.69) is 4.18 Å². The molecule has 1 aromatic carbocycles. The summed E-state index contributed by atoms with van der Waals surface area (Å²) in [6.45, 7) is 3.50. The van der Waals surface area contributed by atoms with Gasteiger partial charge in [-0.1, -0.05) is 24.6 Å². The molecule has 96 valence electrons. The molecule has 0 aliphatic heterocycles. The van der Waals surface area contributed by atoms with Crippen molar-refractivity contribution < 1.29 is 22.8 Å². The molecule has 17 heavy (non-hydrogen) atoms. The van der Waals surface area contributed by atoms with Crippen molar-refractivity contribution in [2.75, 3.05) is 0 Å². The van der Waals surface area contributed by atoms with Crippen LogP contribution < -0.4 is 0 Å². The number of aryl methyl sites for hydroxylation is 1. The highest BCUT2D eigenvalue weighted by molar-refractivity contribution is 7.86. The number of rotatable bonds is 5. The monoisotopic (exact) mass is 260 g/mol. The van der Waals surface area contributed by atoms with Gasteiger partial charge in [-0.2, -0.15) is 8.42 Å². The predicted molar refractivity (Wildman–Crippen MR) is 61.5 cm³/mol. The van der Waals surface area contributed by atoms with E-state index >= 15 is 0 Å². The zero-order chi connectivity index (χ0) is 13.1. The number of hydrogen-bond donors (Lipinski definition) is 2. The summed E-state index contributed by atoms with van der Waals surface area (Å²) in [6.07, 6.45) is 0.203. The highest BCUT2D eigenvalue weighted by Crippen LogP contribution is 2.20. The van der Waals surface area contributed by atoms with E-state index in [1.165, 1.54) is 12.1 Å². The molecule has 0 amide bonds. The zero-order valence-corrected chi connectivity index (χ0v) is 10.6. The Morgan fingerprint density at radius 1 is 1.24 bits per heavy atom. The Balaban J connectivity index is 2.93. The molecule has 0 atom stereocenters. The Morgan fingerprint density at radius 3 is 2.24 bits per heavy atom. The van der Waals surface area contributed by atoms with E-state index < -0.39 is 16.1 Å². The second kappa shape index (κ2) is 5.14. The third-order valence-corrected chi connectivity index (χ3v) is 3.46. The van der Waals surface area contributed by atoms with E-state index in [0.717, 1.165) is 5.56 Å². The molecule has 0 saturated heterocycles. The van der Waals surface area contributed by atoms with Gasteiger partial charge < -0.3 is 10.2 Å². The van der Waals surface area contributed by atoms with E-state index in [9.17, 15) is 18.6 Å². The summed E-state index contributed by atoms with van der Waals surface area (Å²) in [5.74, 6) is -2.65. The quantitative estimate of drug-likeness (QED) is 0.612. The fourth-order valence-electron chi connectivity index (χ4n) is 1.30. The normalized spacial score (nSPS) is 12.7. The van der Waals surface area contributed by atoms with Crippen molar-refractivity contribution in [1.82, 2.24) is 0 Å². The van der Waals surface area contributed by atoms with Gasteiger partial charge in [-0.3, -0.25) is 0 Å². The SMILES string of the molecule is CCCC(O)(O)OS(=O)(=O)c1ccc(C)cc1. The molecule has 0 aliphatic rings. The maximum Gasteiger partial charge on any atom is 0.301 e. The predicted octanol–water partition coefficient (Wildman–Crippen LogP) is 1.14. The van der Waals surface area contributed by atoms with Crippen LogP contribution in [0.15, 0.2) is 29.2 Å². The van der Waals surface area contributed by atoms with Crippen LogP contribution in [0.25, 0.3) is 0 Å². The van der Waals surface area contributed by atoms with Crippen molar-refractivity contribution in [2.24, 2.45) is 0 Å². The third kappa shape index (κ3) is 4.08. The van der Waals surface area contributed by atoms with Gasteiger partial charge >= 0.3 is 10.1 Å². The van der Waals surface area contributed by atoms with Crippen LogP contribution in [-0.4, -0.2) is 24.6 Å². The van der Waals surface area contributed by atoms with Crippen LogP contribution in [0.2, 0.25) is 0 Å². The van der Waals surface area contributed by atoms with Crippen LogP contribution in [0.4, 0.5) is 0 Å². The molecule has 0 spiro atoms. The Labute approximate surface area is 101 Å². The lowest BCUT2D eigenvalue weighted by molar-refractivity contribution is -0.293. The molecule has 1 aromatic rings. The standard InChI is InChI=1S/C11H16O5S/c1-3-8-11(12,13)16-17(14,15)10-6-4-9(2)5-7-10/h4-7,12-13H,3,8H2,1-2H3. The van der Waals surface area contributed by atoms with Crippen LogP contribution in [0.1, 0.15) is 25.3 Å². The van der Waals surface area contributed by atoms with Crippen LogP contribution >= 0.6 is 0 Å². The van der Waals surface area contributed by atoms with Gasteiger partial charge in [-0.05, 0) is 25.5 Å². The molecule has 6 heteroatoms. The van der Waals surface area contributed by atoms with Gasteiger partial charge in [-0.15, -0.1) is 0 Å². The van der Waals surface area contributed by atoms with Crippen molar-refractivity contribution in [3.63, 3.8) is 0 Å². The maximum atomic E-state index is 11.7. The van der Waals surface area contributed by atoms with E-state index in [1.807, 2.05) is 6.92 Å². The minimum absolute atomic E-state index is 0.105. The highest BCUT2D eigenvalue weighted by Gasteiger charge is 2.31. The molecular weight excluding hydrogens is 244 g/mol. The van der Waals surface area contributed by atoms with E-state index in [1.54, 1.807) is 19.1 Å². The fraction of sp³-hybridized carbons (Fsp3) is 0.455. The number of aliphatic hydroxyl groups is 2. The fourth-order valence-corrected chi connectivity index (χ4v) is 2.30. The van der Waals surface area contributed by atoms with E-state index in [-0.39, 0.29) is 11.3 Å². The number of hydrogen-bond acceptors (Lipinski definition) is 5. The maximum absolute atomic E-state index is 11.7. The summed E-state index contributed by atoms with van der Waals surface area (Å²) in [4.78, 5) is -0.105. The molecular formula is C11H16O5S. The van der Waals surface area contributed by atoms with Gasteiger partial charge in [0.1, 0.15) is 0 Å². The Kier molecular flexibility index (Phi) is 4.26. The van der Waals surface area contributed by atoms with Gasteiger partial charge in [-0.25, -0.2) is 4.18 Å². The molecule has 0 heterocycles. The average Bonchev–Trinajstić information content (AvgIpc) is 2.16. The summed E-state index contributed by atoms with van der Waals surface area (Å²) in [7, 11) is -4.16. The van der Waals surface area contributed by atoms with Crippen LogP contribution in [0.3, 0.4) is 0 Å². The first-order chi connectivity index (χ1) is 7.77. The Hall–Kier alpha value is -0.950. The van der Waals surface area contributed by atoms with Crippen LogP contribution in [-0.2, 0) is 14.3 Å². The first-order valence-corrected chi connectivity index (χ1v) is 6.65. The second-order valence-corrected chi connectivity index (χ2v) is 5.39. The minimum atomic E-state index is -4.16. The Morgan fingerprint density at radius 2 is 1.76 bits per heavy atom. The summed E-state index contributed by atoms with van der Waals surface area (Å²) in [6, 6.07) is 5.92. The molecule has 0 fully saturated rings. The lowest BCUT2D eigenvalue weighted by Crippen LogP contribution is -2.34. The van der Waals surface area contributed by atoms with Gasteiger partial charge in [0, 0.05) is 6.42 Å². The Bertz CT molecular complexity index is 461. The topological polar surface area (TPSA) is 83.8 Å². The first-order valence-electron chi connectivity index (χ1n) is 5.24. The second-order valence-electron chi connectivity index (χ2n) is 3.84. The third-order valence-electron chi connectivity index (χ3n) is 2.13. The summed E-state index contributed by atoms with van der Waals surface area (Å²) in [5.41, 5.74) is 0.900. The summed E-state index contributed by atoms with van der Waals surface area (Å²) >= 11 is 0. The van der Waals surface area contributed by atoms with Crippen molar-refractivity contribution in [2.45, 2.75) is 37.6 Å². The molecule has 2 N–H and O–H groups in total. The largest absolute Gasteiger partial charge is 0.343 e. The molecule has 0 unspecified atom stereocenters. The lowest BCUT2D eigenvalue weighted by Gasteiger charge is -2.20. The van der Waals surface area contributed by atoms with E-state index in [4.69, 9.17) is 0 Å². The molecule has 0 aromatic heterocycles. The average molecular weight is 260 g/mol. The van der Waals surface area contributed by atoms with Crippen LogP contribution in [0.5, 0.6) is 0 Å². The number of benzene rings is 1. The molecule has 0 bridgehead atoms. The molecule has 0 radical (unpaired) electrons. The van der Waals surface area contributed by atoms with Crippen molar-refractivity contribution >= 4 is 10.1 Å². The molecule has 5 nitrogen and oxygen atoms in total. The highest BCUT2D eigenvalue weighted by atomic mass is 32.2. The zero-order valence-electron chi connectivity index (χ0n) is 9.75. The first kappa shape index (κ1) is 14.1. The minimum Gasteiger partial charge on any atom is -0.343 e. The van der Waals surface area contributed by atoms with E-state index in [0.29, 0.717) is 6.42 Å². The van der Waals surface area contributed by atoms with Gasteiger partial charge in [0.05, 0.1) is 4.90 Å². The van der Waals surface area contributed by atoms with Crippen molar-refractivity contribution in [1.29, 1.82) is 0 Å². The van der Waals surface area contributed by atoms with Gasteiger partial charge in [0.15, 0.2) is 0 Å². The van der Waals surface area contributed by atoms with Crippen molar-refractivity contribution in [3.05, 3.63) is 29.8 Å². The van der Waals surface area contributed by atoms with Gasteiger partial charge in [0.2, 0.25) is 0 Å².